The lowest BCUT2D eigenvalue weighted by molar-refractivity contribution is -0.166. The zero-order chi connectivity index (χ0) is 21.2. The molecule has 0 amide bonds. The van der Waals surface area contributed by atoms with Crippen LogP contribution in [-0.2, 0) is 19.1 Å². The molecule has 4 rings (SSSR count). The molecule has 0 aromatic carbocycles. The van der Waals surface area contributed by atoms with E-state index in [1.807, 2.05) is 20.8 Å². The molecule has 4 aliphatic rings. The fourth-order valence-corrected chi connectivity index (χ4v) is 6.70. The number of allylic oxidation sites excluding steroid dienone is 4. The van der Waals surface area contributed by atoms with E-state index in [2.05, 4.69) is 26.0 Å². The molecular formula is C25H36O4. The van der Waals surface area contributed by atoms with Crippen LogP contribution in [0.5, 0.6) is 0 Å². The van der Waals surface area contributed by atoms with Crippen LogP contribution < -0.4 is 0 Å². The summed E-state index contributed by atoms with van der Waals surface area (Å²) in [7, 11) is 1.75. The molecule has 0 aliphatic heterocycles. The number of carbonyl (C=O) groups excluding carboxylic acids is 2. The summed E-state index contributed by atoms with van der Waals surface area (Å²) in [6.45, 7) is 10.2. The molecular weight excluding hydrogens is 364 g/mol. The van der Waals surface area contributed by atoms with Gasteiger partial charge in [-0.2, -0.15) is 0 Å². The third kappa shape index (κ3) is 3.09. The summed E-state index contributed by atoms with van der Waals surface area (Å²) >= 11 is 0. The maximum atomic E-state index is 13.1. The first-order valence-corrected chi connectivity index (χ1v) is 11.2. The number of methoxy groups -OCH3 is 1. The monoisotopic (exact) mass is 400 g/mol. The lowest BCUT2D eigenvalue weighted by atomic mass is 9.48. The summed E-state index contributed by atoms with van der Waals surface area (Å²) < 4.78 is 11.6. The molecule has 0 radical (unpaired) electrons. The summed E-state index contributed by atoms with van der Waals surface area (Å²) in [5, 5.41) is 0. The lowest BCUT2D eigenvalue weighted by Gasteiger charge is -2.56. The van der Waals surface area contributed by atoms with Crippen molar-refractivity contribution >= 4 is 11.8 Å². The minimum absolute atomic E-state index is 0.122. The van der Waals surface area contributed by atoms with Crippen molar-refractivity contribution in [3.8, 4) is 0 Å². The number of fused-ring (bicyclic) bond motifs is 5. The predicted molar refractivity (Wildman–Crippen MR) is 112 cm³/mol. The molecule has 6 atom stereocenters. The van der Waals surface area contributed by atoms with Crippen LogP contribution in [0, 0.1) is 34.0 Å². The minimum Gasteiger partial charge on any atom is -0.501 e. The predicted octanol–water partition coefficient (Wildman–Crippen LogP) is 5.23. The van der Waals surface area contributed by atoms with E-state index in [1.165, 1.54) is 5.57 Å². The standard InChI is InChI=1S/C25H36O4/c1-23(2,3)22(27)29-19-14-20(26)25(5)12-10-18-17(21(19)25)8-7-15-13-16(28-6)9-11-24(15,18)4/h7,13,17-19,21H,8-12,14H2,1-6H3/t17?,18?,19?,21?,24-,25+/m0/s1. The van der Waals surface area contributed by atoms with E-state index in [0.29, 0.717) is 18.3 Å². The van der Waals surface area contributed by atoms with Gasteiger partial charge in [-0.05, 0) is 75.4 Å². The molecule has 0 aromatic heterocycles. The second-order valence-electron chi connectivity index (χ2n) is 11.2. The molecule has 2 fully saturated rings. The number of esters is 1. The van der Waals surface area contributed by atoms with E-state index in [1.54, 1.807) is 7.11 Å². The molecule has 0 N–H and O–H groups in total. The van der Waals surface area contributed by atoms with Crippen LogP contribution in [0.2, 0.25) is 0 Å². The summed E-state index contributed by atoms with van der Waals surface area (Å²) in [6, 6.07) is 0. The van der Waals surface area contributed by atoms with Crippen molar-refractivity contribution in [1.29, 1.82) is 0 Å². The van der Waals surface area contributed by atoms with Crippen LogP contribution in [0.1, 0.15) is 73.1 Å². The van der Waals surface area contributed by atoms with Crippen molar-refractivity contribution < 1.29 is 19.1 Å². The second kappa shape index (κ2) is 6.72. The summed E-state index contributed by atoms with van der Waals surface area (Å²) in [5.41, 5.74) is 0.620. The Hall–Kier alpha value is -1.58. The molecule has 0 aromatic rings. The van der Waals surface area contributed by atoms with Crippen molar-refractivity contribution in [2.45, 2.75) is 79.2 Å². The van der Waals surface area contributed by atoms with Crippen molar-refractivity contribution in [3.63, 3.8) is 0 Å². The van der Waals surface area contributed by atoms with Gasteiger partial charge in [0.15, 0.2) is 0 Å². The average Bonchev–Trinajstić information content (AvgIpc) is 2.90. The highest BCUT2D eigenvalue weighted by Crippen LogP contribution is 2.64. The lowest BCUT2D eigenvalue weighted by Crippen LogP contribution is -2.52. The number of carbonyl (C=O) groups is 2. The smallest absolute Gasteiger partial charge is 0.311 e. The van der Waals surface area contributed by atoms with E-state index in [-0.39, 0.29) is 34.6 Å². The SMILES string of the molecule is COC1=CC2=CCC3C(CC[C@]4(C)C(=O)CC(OC(=O)C(C)(C)C)C34)[C@@]2(C)CC1. The highest BCUT2D eigenvalue weighted by Gasteiger charge is 2.62. The first kappa shape index (κ1) is 20.7. The van der Waals surface area contributed by atoms with E-state index < -0.39 is 5.41 Å². The van der Waals surface area contributed by atoms with Crippen LogP contribution in [0.4, 0.5) is 0 Å². The van der Waals surface area contributed by atoms with Gasteiger partial charge in [0.05, 0.1) is 18.3 Å². The maximum Gasteiger partial charge on any atom is 0.311 e. The van der Waals surface area contributed by atoms with Crippen LogP contribution >= 0.6 is 0 Å². The van der Waals surface area contributed by atoms with E-state index in [0.717, 1.165) is 37.9 Å². The Morgan fingerprint density at radius 3 is 2.55 bits per heavy atom. The summed E-state index contributed by atoms with van der Waals surface area (Å²) in [5.74, 6) is 2.22. The highest BCUT2D eigenvalue weighted by atomic mass is 16.5. The third-order valence-electron chi connectivity index (χ3n) is 8.54. The number of hydrogen-bond donors (Lipinski definition) is 0. The fraction of sp³-hybridized carbons (Fsp3) is 0.760. The van der Waals surface area contributed by atoms with E-state index in [9.17, 15) is 9.59 Å². The first-order valence-electron chi connectivity index (χ1n) is 11.2. The van der Waals surface area contributed by atoms with Gasteiger partial charge in [-0.1, -0.05) is 19.9 Å². The van der Waals surface area contributed by atoms with Gasteiger partial charge in [0, 0.05) is 24.2 Å². The van der Waals surface area contributed by atoms with Crippen LogP contribution in [-0.4, -0.2) is 25.0 Å². The van der Waals surface area contributed by atoms with Crippen LogP contribution in [0.15, 0.2) is 23.5 Å². The summed E-state index contributed by atoms with van der Waals surface area (Å²) in [4.78, 5) is 25.7. The number of rotatable bonds is 2. The zero-order valence-corrected chi connectivity index (χ0v) is 18.8. The second-order valence-corrected chi connectivity index (χ2v) is 11.2. The topological polar surface area (TPSA) is 52.6 Å². The molecule has 4 heteroatoms. The molecule has 0 bridgehead atoms. The third-order valence-corrected chi connectivity index (χ3v) is 8.54. The summed E-state index contributed by atoms with van der Waals surface area (Å²) in [6.07, 6.45) is 9.71. The maximum absolute atomic E-state index is 13.1. The molecule has 4 unspecified atom stereocenters. The number of hydrogen-bond acceptors (Lipinski definition) is 4. The quantitative estimate of drug-likeness (QED) is 0.596. The largest absolute Gasteiger partial charge is 0.501 e. The van der Waals surface area contributed by atoms with Gasteiger partial charge in [0.1, 0.15) is 11.9 Å². The zero-order valence-electron chi connectivity index (χ0n) is 18.8. The fourth-order valence-electron chi connectivity index (χ4n) is 6.70. The van der Waals surface area contributed by atoms with Gasteiger partial charge in [-0.25, -0.2) is 0 Å². The molecule has 0 saturated heterocycles. The van der Waals surface area contributed by atoms with Crippen molar-refractivity contribution in [2.24, 2.45) is 34.0 Å². The average molecular weight is 401 g/mol. The van der Waals surface area contributed by atoms with Gasteiger partial charge in [0.25, 0.3) is 0 Å². The van der Waals surface area contributed by atoms with E-state index in [4.69, 9.17) is 9.47 Å². The Labute approximate surface area is 175 Å². The van der Waals surface area contributed by atoms with Gasteiger partial charge < -0.3 is 9.47 Å². The van der Waals surface area contributed by atoms with E-state index >= 15 is 0 Å². The number of Topliss-reactive ketones (excluding diaryl/α,β-unsaturated/α-hetero) is 1. The van der Waals surface area contributed by atoms with Gasteiger partial charge in [-0.3, -0.25) is 9.59 Å². The Balaban J connectivity index is 1.68. The van der Waals surface area contributed by atoms with Gasteiger partial charge in [-0.15, -0.1) is 0 Å². The Bertz CT molecular complexity index is 785. The van der Waals surface area contributed by atoms with Crippen molar-refractivity contribution in [2.75, 3.05) is 7.11 Å². The van der Waals surface area contributed by atoms with Crippen LogP contribution in [0.25, 0.3) is 0 Å². The molecule has 4 aliphatic carbocycles. The normalized spacial score (nSPS) is 41.5. The van der Waals surface area contributed by atoms with Gasteiger partial charge in [0.2, 0.25) is 0 Å². The Kier molecular flexibility index (Phi) is 4.79. The Morgan fingerprint density at radius 1 is 1.17 bits per heavy atom. The minimum atomic E-state index is -0.549. The number of ether oxygens (including phenoxy) is 2. The molecule has 4 nitrogen and oxygen atoms in total. The van der Waals surface area contributed by atoms with Gasteiger partial charge >= 0.3 is 5.97 Å². The highest BCUT2D eigenvalue weighted by molar-refractivity contribution is 5.89. The van der Waals surface area contributed by atoms with Crippen LogP contribution in [0.3, 0.4) is 0 Å². The number of ketones is 1. The molecule has 29 heavy (non-hydrogen) atoms. The Morgan fingerprint density at radius 2 is 1.90 bits per heavy atom. The molecule has 0 heterocycles. The molecule has 2 saturated carbocycles. The first-order chi connectivity index (χ1) is 13.5. The molecule has 0 spiro atoms. The van der Waals surface area contributed by atoms with Crippen molar-refractivity contribution in [1.82, 2.24) is 0 Å². The van der Waals surface area contributed by atoms with Crippen molar-refractivity contribution in [3.05, 3.63) is 23.5 Å². The molecule has 160 valence electrons.